The molecule has 0 aliphatic rings. The lowest BCUT2D eigenvalue weighted by Crippen LogP contribution is -2.05. The summed E-state index contributed by atoms with van der Waals surface area (Å²) in [5.74, 6) is 0.707. The normalized spacial score (nSPS) is 10.1. The third kappa shape index (κ3) is 2.96. The van der Waals surface area contributed by atoms with E-state index in [1.165, 1.54) is 0 Å². The first-order chi connectivity index (χ1) is 9.63. The molecule has 2 heterocycles. The van der Waals surface area contributed by atoms with E-state index >= 15 is 0 Å². The lowest BCUT2D eigenvalue weighted by Gasteiger charge is -2.08. The summed E-state index contributed by atoms with van der Waals surface area (Å²) in [5, 5.41) is 18.4. The second-order valence-corrected chi connectivity index (χ2v) is 4.59. The average molecular weight is 266 g/mol. The molecule has 1 N–H and O–H groups in total. The molecule has 0 saturated carbocycles. The van der Waals surface area contributed by atoms with E-state index in [0.29, 0.717) is 12.2 Å². The number of nitrogens with zero attached hydrogens (tertiary/aromatic N) is 3. The molecule has 0 aliphatic carbocycles. The van der Waals surface area contributed by atoms with Gasteiger partial charge < -0.3 is 9.72 Å². The van der Waals surface area contributed by atoms with Crippen molar-refractivity contribution in [3.05, 3.63) is 35.7 Å². The van der Waals surface area contributed by atoms with Crippen LogP contribution in [0.25, 0.3) is 11.0 Å². The van der Waals surface area contributed by atoms with E-state index in [1.807, 2.05) is 38.2 Å². The van der Waals surface area contributed by atoms with Crippen molar-refractivity contribution < 1.29 is 4.74 Å². The highest BCUT2D eigenvalue weighted by atomic mass is 16.5. The van der Waals surface area contributed by atoms with Gasteiger partial charge in [0.1, 0.15) is 29.1 Å². The standard InChI is InChI=1S/C15H14N4O/c1-10(2)20-13-5-14-12(4-3-11(6-16)7-17)8-18-15(14)19-9-13/h3,5,8-10H,4H2,1-2H3,(H,18,19). The predicted molar refractivity (Wildman–Crippen MR) is 74.9 cm³/mol. The first kappa shape index (κ1) is 13.6. The Kier molecular flexibility index (Phi) is 4.02. The van der Waals surface area contributed by atoms with E-state index in [9.17, 15) is 0 Å². The van der Waals surface area contributed by atoms with Crippen LogP contribution in [0.1, 0.15) is 19.4 Å². The number of fused-ring (bicyclic) bond motifs is 1. The number of hydrogen-bond acceptors (Lipinski definition) is 4. The van der Waals surface area contributed by atoms with Gasteiger partial charge in [-0.25, -0.2) is 4.98 Å². The number of aromatic amines is 1. The fraction of sp³-hybridized carbons (Fsp3) is 0.267. The average Bonchev–Trinajstić information content (AvgIpc) is 2.82. The SMILES string of the molecule is CC(C)Oc1cnc2[nH]cc(CC=C(C#N)C#N)c2c1. The fourth-order valence-corrected chi connectivity index (χ4v) is 1.87. The minimum absolute atomic E-state index is 0.0836. The summed E-state index contributed by atoms with van der Waals surface area (Å²) in [5.41, 5.74) is 1.85. The predicted octanol–water partition coefficient (Wildman–Crippen LogP) is 2.87. The summed E-state index contributed by atoms with van der Waals surface area (Å²) < 4.78 is 5.62. The maximum absolute atomic E-state index is 8.73. The zero-order valence-electron chi connectivity index (χ0n) is 11.3. The van der Waals surface area contributed by atoms with Gasteiger partial charge in [0.25, 0.3) is 0 Å². The molecule has 0 fully saturated rings. The highest BCUT2D eigenvalue weighted by Crippen LogP contribution is 2.23. The van der Waals surface area contributed by atoms with E-state index in [4.69, 9.17) is 15.3 Å². The summed E-state index contributed by atoms with van der Waals surface area (Å²) >= 11 is 0. The van der Waals surface area contributed by atoms with Crippen molar-refractivity contribution >= 4 is 11.0 Å². The van der Waals surface area contributed by atoms with Crippen LogP contribution in [0, 0.1) is 22.7 Å². The second kappa shape index (κ2) is 5.90. The Bertz CT molecular complexity index is 712. The first-order valence-corrected chi connectivity index (χ1v) is 6.27. The molecule has 0 spiro atoms. The van der Waals surface area contributed by atoms with Crippen LogP contribution in [0.2, 0.25) is 0 Å². The van der Waals surface area contributed by atoms with Crippen molar-refractivity contribution in [2.75, 3.05) is 0 Å². The van der Waals surface area contributed by atoms with Gasteiger partial charge in [0.15, 0.2) is 0 Å². The van der Waals surface area contributed by atoms with Gasteiger partial charge in [-0.3, -0.25) is 0 Å². The number of pyridine rings is 1. The summed E-state index contributed by atoms with van der Waals surface area (Å²) in [6.07, 6.45) is 5.70. The van der Waals surface area contributed by atoms with Gasteiger partial charge >= 0.3 is 0 Å². The highest BCUT2D eigenvalue weighted by molar-refractivity contribution is 5.81. The molecule has 0 amide bonds. The number of H-pyrrole nitrogens is 1. The second-order valence-electron chi connectivity index (χ2n) is 4.59. The molecule has 0 radical (unpaired) electrons. The minimum Gasteiger partial charge on any atom is -0.489 e. The van der Waals surface area contributed by atoms with E-state index in [0.717, 1.165) is 16.6 Å². The molecular formula is C15H14N4O. The smallest absolute Gasteiger partial charge is 0.138 e. The van der Waals surface area contributed by atoms with Crippen molar-refractivity contribution in [3.8, 4) is 17.9 Å². The summed E-state index contributed by atoms with van der Waals surface area (Å²) in [4.78, 5) is 7.36. The molecule has 5 heteroatoms. The number of nitriles is 2. The molecule has 0 aliphatic heterocycles. The number of aromatic nitrogens is 2. The van der Waals surface area contributed by atoms with E-state index in [2.05, 4.69) is 9.97 Å². The number of rotatable bonds is 4. The Balaban J connectivity index is 2.33. The molecule has 2 aromatic rings. The minimum atomic E-state index is 0.0836. The van der Waals surface area contributed by atoms with Gasteiger partial charge in [-0.05, 0) is 31.9 Å². The van der Waals surface area contributed by atoms with E-state index < -0.39 is 0 Å². The lowest BCUT2D eigenvalue weighted by molar-refractivity contribution is 0.242. The summed E-state index contributed by atoms with van der Waals surface area (Å²) in [7, 11) is 0. The van der Waals surface area contributed by atoms with Gasteiger partial charge in [0.2, 0.25) is 0 Å². The van der Waals surface area contributed by atoms with Crippen molar-refractivity contribution in [2.24, 2.45) is 0 Å². The van der Waals surface area contributed by atoms with Crippen LogP contribution in [0.4, 0.5) is 0 Å². The Morgan fingerprint density at radius 1 is 1.45 bits per heavy atom. The number of hydrogen-bond donors (Lipinski definition) is 1. The van der Waals surface area contributed by atoms with Crippen LogP contribution in [0.15, 0.2) is 30.1 Å². The quantitative estimate of drug-likeness (QED) is 0.862. The molecule has 100 valence electrons. The molecule has 5 nitrogen and oxygen atoms in total. The van der Waals surface area contributed by atoms with Crippen LogP contribution in [0.3, 0.4) is 0 Å². The van der Waals surface area contributed by atoms with Crippen LogP contribution >= 0.6 is 0 Å². The molecule has 0 unspecified atom stereocenters. The Morgan fingerprint density at radius 3 is 2.85 bits per heavy atom. The van der Waals surface area contributed by atoms with Crippen LogP contribution in [0.5, 0.6) is 5.75 Å². The Hall–Kier alpha value is -2.79. The van der Waals surface area contributed by atoms with Gasteiger partial charge in [0, 0.05) is 11.6 Å². The number of allylic oxidation sites excluding steroid dienone is 2. The van der Waals surface area contributed by atoms with Crippen molar-refractivity contribution in [1.29, 1.82) is 10.5 Å². The summed E-state index contributed by atoms with van der Waals surface area (Å²) in [6, 6.07) is 5.62. The van der Waals surface area contributed by atoms with Gasteiger partial charge in [0.05, 0.1) is 12.3 Å². The third-order valence-corrected chi connectivity index (χ3v) is 2.73. The Labute approximate surface area is 117 Å². The van der Waals surface area contributed by atoms with Crippen LogP contribution < -0.4 is 4.74 Å². The molecule has 2 aromatic heterocycles. The molecule has 0 aromatic carbocycles. The van der Waals surface area contributed by atoms with Crippen molar-refractivity contribution in [1.82, 2.24) is 9.97 Å². The maximum Gasteiger partial charge on any atom is 0.138 e. The fourth-order valence-electron chi connectivity index (χ4n) is 1.87. The topological polar surface area (TPSA) is 85.5 Å². The molecular weight excluding hydrogens is 252 g/mol. The molecule has 2 rings (SSSR count). The van der Waals surface area contributed by atoms with Gasteiger partial charge in [-0.15, -0.1) is 0 Å². The zero-order chi connectivity index (χ0) is 14.5. The monoisotopic (exact) mass is 266 g/mol. The Morgan fingerprint density at radius 2 is 2.20 bits per heavy atom. The van der Waals surface area contributed by atoms with Gasteiger partial charge in [-0.2, -0.15) is 10.5 Å². The first-order valence-electron chi connectivity index (χ1n) is 6.27. The third-order valence-electron chi connectivity index (χ3n) is 2.73. The van der Waals surface area contributed by atoms with E-state index in [1.54, 1.807) is 12.3 Å². The van der Waals surface area contributed by atoms with Crippen LogP contribution in [-0.2, 0) is 6.42 Å². The van der Waals surface area contributed by atoms with Crippen LogP contribution in [-0.4, -0.2) is 16.1 Å². The van der Waals surface area contributed by atoms with Gasteiger partial charge in [-0.1, -0.05) is 6.08 Å². The molecule has 0 bridgehead atoms. The van der Waals surface area contributed by atoms with Crippen molar-refractivity contribution in [2.45, 2.75) is 26.4 Å². The number of nitrogens with one attached hydrogen (secondary N) is 1. The van der Waals surface area contributed by atoms with E-state index in [-0.39, 0.29) is 11.7 Å². The lowest BCUT2D eigenvalue weighted by atomic mass is 10.1. The molecule has 0 atom stereocenters. The zero-order valence-corrected chi connectivity index (χ0v) is 11.3. The molecule has 20 heavy (non-hydrogen) atoms. The van der Waals surface area contributed by atoms with Crippen molar-refractivity contribution in [3.63, 3.8) is 0 Å². The highest BCUT2D eigenvalue weighted by Gasteiger charge is 2.07. The largest absolute Gasteiger partial charge is 0.489 e. The number of ether oxygens (including phenoxy) is 1. The maximum atomic E-state index is 8.73. The summed E-state index contributed by atoms with van der Waals surface area (Å²) in [6.45, 7) is 3.91. The molecule has 0 saturated heterocycles.